The summed E-state index contributed by atoms with van der Waals surface area (Å²) in [7, 11) is 1.28. The highest BCUT2D eigenvalue weighted by Crippen LogP contribution is 2.21. The molecule has 1 aliphatic rings. The molecular weight excluding hydrogens is 172 g/mol. The van der Waals surface area contributed by atoms with Crippen molar-refractivity contribution in [3.63, 3.8) is 0 Å². The first-order valence-corrected chi connectivity index (χ1v) is 3.95. The Morgan fingerprint density at radius 2 is 2.31 bits per heavy atom. The van der Waals surface area contributed by atoms with E-state index in [9.17, 15) is 4.79 Å². The third kappa shape index (κ3) is 3.05. The molecule has 1 aliphatic heterocycles. The molecule has 0 bridgehead atoms. The minimum atomic E-state index is -0.602. The topological polar surface area (TPSA) is 44.8 Å². The van der Waals surface area contributed by atoms with Gasteiger partial charge in [-0.1, -0.05) is 5.92 Å². The van der Waals surface area contributed by atoms with Crippen molar-refractivity contribution in [2.75, 3.05) is 13.7 Å². The van der Waals surface area contributed by atoms with Crippen molar-refractivity contribution in [3.8, 4) is 11.8 Å². The summed E-state index contributed by atoms with van der Waals surface area (Å²) in [5, 5.41) is 0. The summed E-state index contributed by atoms with van der Waals surface area (Å²) in [5.41, 5.74) is 0. The zero-order chi connectivity index (χ0) is 9.90. The minimum Gasteiger partial charge on any atom is -0.459 e. The van der Waals surface area contributed by atoms with Crippen molar-refractivity contribution in [1.82, 2.24) is 0 Å². The second-order valence-corrected chi connectivity index (χ2v) is 3.08. The second-order valence-electron chi connectivity index (χ2n) is 3.08. The third-order valence-corrected chi connectivity index (χ3v) is 1.53. The van der Waals surface area contributed by atoms with Crippen LogP contribution in [0.5, 0.6) is 0 Å². The van der Waals surface area contributed by atoms with Gasteiger partial charge in [0.1, 0.15) is 6.10 Å². The van der Waals surface area contributed by atoms with Gasteiger partial charge in [0.2, 0.25) is 0 Å². The predicted octanol–water partition coefficient (Wildman–Crippen LogP) is 0.314. The van der Waals surface area contributed by atoms with Crippen LogP contribution < -0.4 is 0 Å². The van der Waals surface area contributed by atoms with Crippen molar-refractivity contribution >= 4 is 5.97 Å². The van der Waals surface area contributed by atoms with E-state index >= 15 is 0 Å². The van der Waals surface area contributed by atoms with Gasteiger partial charge in [-0.2, -0.15) is 0 Å². The van der Waals surface area contributed by atoms with Crippen LogP contribution in [0.25, 0.3) is 0 Å². The van der Waals surface area contributed by atoms with Crippen LogP contribution in [0, 0.1) is 11.8 Å². The van der Waals surface area contributed by atoms with E-state index in [0.29, 0.717) is 6.61 Å². The predicted molar refractivity (Wildman–Crippen MR) is 44.7 cm³/mol. The van der Waals surface area contributed by atoms with Crippen LogP contribution >= 0.6 is 0 Å². The highest BCUT2D eigenvalue weighted by Gasteiger charge is 2.31. The monoisotopic (exact) mass is 184 g/mol. The molecule has 0 aromatic rings. The number of esters is 1. The SMILES string of the molecule is COC(=O)C#C[C@@H]1COC(C)(C)O1. The fourth-order valence-electron chi connectivity index (χ4n) is 0.949. The fourth-order valence-corrected chi connectivity index (χ4v) is 0.949. The quantitative estimate of drug-likeness (QED) is 0.309. The molecule has 0 amide bonds. The van der Waals surface area contributed by atoms with Crippen LogP contribution in [0.15, 0.2) is 0 Å². The van der Waals surface area contributed by atoms with Crippen LogP contribution in [0.4, 0.5) is 0 Å². The van der Waals surface area contributed by atoms with Crippen molar-refractivity contribution in [3.05, 3.63) is 0 Å². The van der Waals surface area contributed by atoms with Crippen LogP contribution in [0.2, 0.25) is 0 Å². The normalized spacial score (nSPS) is 24.7. The number of hydrogen-bond donors (Lipinski definition) is 0. The Morgan fingerprint density at radius 3 is 2.77 bits per heavy atom. The van der Waals surface area contributed by atoms with Gasteiger partial charge in [-0.05, 0) is 13.8 Å². The molecule has 1 heterocycles. The molecule has 0 aromatic carbocycles. The van der Waals surface area contributed by atoms with E-state index in [0.717, 1.165) is 0 Å². The zero-order valence-electron chi connectivity index (χ0n) is 7.92. The summed E-state index contributed by atoms with van der Waals surface area (Å²) in [4.78, 5) is 10.6. The van der Waals surface area contributed by atoms with E-state index < -0.39 is 11.8 Å². The maximum atomic E-state index is 10.6. The number of ether oxygens (including phenoxy) is 3. The Labute approximate surface area is 77.2 Å². The van der Waals surface area contributed by atoms with Crippen molar-refractivity contribution < 1.29 is 19.0 Å². The number of rotatable bonds is 0. The van der Waals surface area contributed by atoms with Crippen molar-refractivity contribution in [2.24, 2.45) is 0 Å². The lowest BCUT2D eigenvalue weighted by atomic mass is 10.4. The van der Waals surface area contributed by atoms with Gasteiger partial charge in [0.25, 0.3) is 0 Å². The number of carbonyl (C=O) groups is 1. The van der Waals surface area contributed by atoms with Gasteiger partial charge in [-0.3, -0.25) is 0 Å². The molecule has 1 atom stereocenters. The van der Waals surface area contributed by atoms with E-state index in [1.165, 1.54) is 7.11 Å². The van der Waals surface area contributed by atoms with Crippen LogP contribution in [-0.2, 0) is 19.0 Å². The largest absolute Gasteiger partial charge is 0.459 e. The van der Waals surface area contributed by atoms with Gasteiger partial charge in [0.05, 0.1) is 13.7 Å². The smallest absolute Gasteiger partial charge is 0.384 e. The Bertz CT molecular complexity index is 259. The lowest BCUT2D eigenvalue weighted by Crippen LogP contribution is -2.20. The summed E-state index contributed by atoms with van der Waals surface area (Å²) in [6.07, 6.45) is -0.339. The summed E-state index contributed by atoms with van der Waals surface area (Å²) in [5.74, 6) is 3.75. The lowest BCUT2D eigenvalue weighted by Gasteiger charge is -2.14. The van der Waals surface area contributed by atoms with Gasteiger partial charge in [-0.25, -0.2) is 4.79 Å². The van der Waals surface area contributed by atoms with Gasteiger partial charge in [0, 0.05) is 5.92 Å². The Morgan fingerprint density at radius 1 is 1.62 bits per heavy atom. The maximum Gasteiger partial charge on any atom is 0.384 e. The molecule has 0 N–H and O–H groups in total. The van der Waals surface area contributed by atoms with Crippen LogP contribution in [-0.4, -0.2) is 31.6 Å². The first kappa shape index (κ1) is 10.0. The van der Waals surface area contributed by atoms with Gasteiger partial charge >= 0.3 is 5.97 Å². The zero-order valence-corrected chi connectivity index (χ0v) is 7.92. The number of carbonyl (C=O) groups excluding carboxylic acids is 1. The van der Waals surface area contributed by atoms with Gasteiger partial charge in [-0.15, -0.1) is 0 Å². The van der Waals surface area contributed by atoms with Gasteiger partial charge in [0.15, 0.2) is 5.79 Å². The Kier molecular flexibility index (Phi) is 2.91. The molecule has 13 heavy (non-hydrogen) atoms. The first-order chi connectivity index (χ1) is 6.03. The molecule has 0 radical (unpaired) electrons. The summed E-state index contributed by atoms with van der Waals surface area (Å²) in [6.45, 7) is 3.98. The average Bonchev–Trinajstić information content (AvgIpc) is 2.41. The average molecular weight is 184 g/mol. The van der Waals surface area contributed by atoms with E-state index in [4.69, 9.17) is 9.47 Å². The molecule has 4 heteroatoms. The third-order valence-electron chi connectivity index (χ3n) is 1.53. The molecule has 0 unspecified atom stereocenters. The minimum absolute atomic E-state index is 0.339. The number of hydrogen-bond acceptors (Lipinski definition) is 4. The summed E-state index contributed by atoms with van der Waals surface area (Å²) < 4.78 is 14.9. The first-order valence-electron chi connectivity index (χ1n) is 3.95. The highest BCUT2D eigenvalue weighted by atomic mass is 16.7. The van der Waals surface area contributed by atoms with Gasteiger partial charge < -0.3 is 14.2 Å². The standard InChI is InChI=1S/C9H12O4/c1-9(2)12-6-7(13-9)4-5-8(10)11-3/h7H,6H2,1-3H3/t7-/m1/s1. The van der Waals surface area contributed by atoms with Crippen LogP contribution in [0.1, 0.15) is 13.8 Å². The molecule has 1 saturated heterocycles. The molecule has 0 aromatic heterocycles. The molecule has 0 saturated carbocycles. The van der Waals surface area contributed by atoms with Crippen molar-refractivity contribution in [1.29, 1.82) is 0 Å². The van der Waals surface area contributed by atoms with E-state index in [1.54, 1.807) is 13.8 Å². The van der Waals surface area contributed by atoms with Crippen LogP contribution in [0.3, 0.4) is 0 Å². The maximum absolute atomic E-state index is 10.6. The highest BCUT2D eigenvalue weighted by molar-refractivity contribution is 5.88. The van der Waals surface area contributed by atoms with E-state index in [2.05, 4.69) is 16.6 Å². The molecule has 0 aliphatic carbocycles. The fraction of sp³-hybridized carbons (Fsp3) is 0.667. The molecule has 1 rings (SSSR count). The molecule has 1 fully saturated rings. The lowest BCUT2D eigenvalue weighted by molar-refractivity contribution is -0.135. The Hall–Kier alpha value is -1.05. The number of methoxy groups -OCH3 is 1. The van der Waals surface area contributed by atoms with E-state index in [1.807, 2.05) is 0 Å². The van der Waals surface area contributed by atoms with E-state index in [-0.39, 0.29) is 6.10 Å². The summed E-state index contributed by atoms with van der Waals surface area (Å²) in [6, 6.07) is 0. The van der Waals surface area contributed by atoms with Crippen molar-refractivity contribution in [2.45, 2.75) is 25.7 Å². The Balaban J connectivity index is 2.47. The molecule has 4 nitrogen and oxygen atoms in total. The molecular formula is C9H12O4. The summed E-state index contributed by atoms with van der Waals surface area (Å²) >= 11 is 0. The molecule has 0 spiro atoms. The molecule has 72 valence electrons. The second kappa shape index (κ2) is 3.77.